The molecule has 0 saturated carbocycles. The molecule has 0 aliphatic heterocycles. The molecule has 0 heterocycles. The van der Waals surface area contributed by atoms with Crippen LogP contribution in [0.1, 0.15) is 25.0 Å². The average Bonchev–Trinajstić information content (AvgIpc) is 2.49. The lowest BCUT2D eigenvalue weighted by molar-refractivity contribution is 0.173. The van der Waals surface area contributed by atoms with Gasteiger partial charge in [0.05, 0.1) is 16.7 Å². The van der Waals surface area contributed by atoms with Crippen molar-refractivity contribution in [2.45, 2.75) is 24.3 Å². The third-order valence-corrected chi connectivity index (χ3v) is 5.11. The molecule has 0 saturated heterocycles. The maximum Gasteiger partial charge on any atom is 0.261 e. The molecule has 4 nitrogen and oxygen atoms in total. The summed E-state index contributed by atoms with van der Waals surface area (Å²) in [7, 11) is -3.69. The molecule has 21 heavy (non-hydrogen) atoms. The van der Waals surface area contributed by atoms with Gasteiger partial charge in [0.2, 0.25) is 0 Å². The molecular formula is C15H16BrNO3S. The van der Waals surface area contributed by atoms with Crippen molar-refractivity contribution in [3.05, 3.63) is 58.6 Å². The van der Waals surface area contributed by atoms with Crippen LogP contribution in [0.5, 0.6) is 0 Å². The molecule has 2 aromatic rings. The molecule has 0 fully saturated rings. The Balaban J connectivity index is 2.34. The molecule has 0 radical (unpaired) electrons. The van der Waals surface area contributed by atoms with E-state index in [-0.39, 0.29) is 4.90 Å². The summed E-state index contributed by atoms with van der Waals surface area (Å²) in [5.74, 6) is 0. The quantitative estimate of drug-likeness (QED) is 0.844. The van der Waals surface area contributed by atoms with E-state index in [1.807, 2.05) is 6.92 Å². The van der Waals surface area contributed by atoms with E-state index in [9.17, 15) is 13.5 Å². The zero-order valence-corrected chi connectivity index (χ0v) is 13.9. The summed E-state index contributed by atoms with van der Waals surface area (Å²) in [6.45, 7) is 1.84. The van der Waals surface area contributed by atoms with Crippen molar-refractivity contribution in [2.24, 2.45) is 0 Å². The number of rotatable bonds is 5. The number of anilines is 1. The lowest BCUT2D eigenvalue weighted by Gasteiger charge is -2.12. The van der Waals surface area contributed by atoms with Crippen LogP contribution in [0.15, 0.2) is 57.9 Å². The highest BCUT2D eigenvalue weighted by molar-refractivity contribution is 9.10. The minimum absolute atomic E-state index is 0.128. The predicted molar refractivity (Wildman–Crippen MR) is 86.6 cm³/mol. The highest BCUT2D eigenvalue weighted by Crippen LogP contribution is 2.26. The van der Waals surface area contributed by atoms with Gasteiger partial charge >= 0.3 is 0 Å². The molecule has 2 aromatic carbocycles. The summed E-state index contributed by atoms with van der Waals surface area (Å²) >= 11 is 3.30. The summed E-state index contributed by atoms with van der Waals surface area (Å²) in [4.78, 5) is 0.128. The van der Waals surface area contributed by atoms with Gasteiger partial charge in [-0.05, 0) is 52.2 Å². The number of aliphatic hydroxyl groups is 1. The van der Waals surface area contributed by atoms with Gasteiger partial charge in [-0.3, -0.25) is 4.72 Å². The van der Waals surface area contributed by atoms with Crippen molar-refractivity contribution in [1.29, 1.82) is 0 Å². The Morgan fingerprint density at radius 2 is 1.90 bits per heavy atom. The van der Waals surface area contributed by atoms with Crippen LogP contribution >= 0.6 is 15.9 Å². The predicted octanol–water partition coefficient (Wildman–Crippen LogP) is 3.69. The third kappa shape index (κ3) is 3.84. The van der Waals surface area contributed by atoms with Crippen LogP contribution in [0, 0.1) is 0 Å². The van der Waals surface area contributed by atoms with Gasteiger partial charge in [0.15, 0.2) is 0 Å². The van der Waals surface area contributed by atoms with E-state index in [1.165, 1.54) is 12.1 Å². The Bertz CT molecular complexity index is 731. The summed E-state index contributed by atoms with van der Waals surface area (Å²) in [5, 5.41) is 9.83. The lowest BCUT2D eigenvalue weighted by atomic mass is 10.1. The first-order valence-electron chi connectivity index (χ1n) is 6.49. The first-order chi connectivity index (χ1) is 9.94. The van der Waals surface area contributed by atoms with E-state index in [0.29, 0.717) is 22.1 Å². The normalized spacial score (nSPS) is 12.9. The average molecular weight is 370 g/mol. The number of nitrogens with one attached hydrogen (secondary N) is 1. The molecule has 0 aliphatic carbocycles. The standard InChI is InChI=1S/C15H16BrNO3S/c1-2-15(18)11-6-5-7-12(10-11)21(19,20)17-14-9-4-3-8-13(14)16/h3-10,15,17-18H,2H2,1H3. The van der Waals surface area contributed by atoms with Crippen molar-refractivity contribution in [2.75, 3.05) is 4.72 Å². The number of para-hydroxylation sites is 1. The van der Waals surface area contributed by atoms with Gasteiger partial charge in [-0.15, -0.1) is 0 Å². The fourth-order valence-corrected chi connectivity index (χ4v) is 3.52. The number of aliphatic hydroxyl groups excluding tert-OH is 1. The zero-order chi connectivity index (χ0) is 15.5. The maximum absolute atomic E-state index is 12.4. The first kappa shape index (κ1) is 16.0. The van der Waals surface area contributed by atoms with Crippen molar-refractivity contribution in [3.8, 4) is 0 Å². The Kier molecular flexibility index (Phi) is 5.03. The van der Waals surface area contributed by atoms with Gasteiger partial charge in [0, 0.05) is 4.47 Å². The Hall–Kier alpha value is -1.37. The third-order valence-electron chi connectivity index (χ3n) is 3.06. The van der Waals surface area contributed by atoms with Crippen LogP contribution in [0.4, 0.5) is 5.69 Å². The highest BCUT2D eigenvalue weighted by Gasteiger charge is 2.17. The Morgan fingerprint density at radius 1 is 1.19 bits per heavy atom. The highest BCUT2D eigenvalue weighted by atomic mass is 79.9. The van der Waals surface area contributed by atoms with E-state index in [1.54, 1.807) is 36.4 Å². The summed E-state index contributed by atoms with van der Waals surface area (Å²) in [5.41, 5.74) is 1.06. The van der Waals surface area contributed by atoms with Crippen LogP contribution in [0.2, 0.25) is 0 Å². The molecule has 1 atom stereocenters. The fourth-order valence-electron chi connectivity index (χ4n) is 1.87. The monoisotopic (exact) mass is 369 g/mol. The van der Waals surface area contributed by atoms with Crippen LogP contribution in [-0.2, 0) is 10.0 Å². The largest absolute Gasteiger partial charge is 0.388 e. The lowest BCUT2D eigenvalue weighted by Crippen LogP contribution is -2.13. The minimum atomic E-state index is -3.69. The topological polar surface area (TPSA) is 66.4 Å². The van der Waals surface area contributed by atoms with Crippen LogP contribution in [-0.4, -0.2) is 13.5 Å². The van der Waals surface area contributed by atoms with Crippen LogP contribution in [0.25, 0.3) is 0 Å². The van der Waals surface area contributed by atoms with E-state index in [2.05, 4.69) is 20.7 Å². The van der Waals surface area contributed by atoms with E-state index < -0.39 is 16.1 Å². The Morgan fingerprint density at radius 3 is 2.57 bits per heavy atom. The second kappa shape index (κ2) is 6.60. The molecule has 0 aromatic heterocycles. The van der Waals surface area contributed by atoms with Gasteiger partial charge in [0.1, 0.15) is 0 Å². The second-order valence-corrected chi connectivity index (χ2v) is 7.12. The van der Waals surface area contributed by atoms with Crippen molar-refractivity contribution in [3.63, 3.8) is 0 Å². The molecule has 2 N–H and O–H groups in total. The summed E-state index contributed by atoms with van der Waals surface area (Å²) in [6.07, 6.45) is -0.134. The van der Waals surface area contributed by atoms with Gasteiger partial charge < -0.3 is 5.11 Å². The van der Waals surface area contributed by atoms with Crippen LogP contribution < -0.4 is 4.72 Å². The summed E-state index contributed by atoms with van der Waals surface area (Å²) < 4.78 is 28.0. The molecule has 0 aliphatic rings. The number of hydrogen-bond acceptors (Lipinski definition) is 3. The van der Waals surface area contributed by atoms with Crippen molar-refractivity contribution < 1.29 is 13.5 Å². The van der Waals surface area contributed by atoms with Gasteiger partial charge in [-0.1, -0.05) is 31.2 Å². The van der Waals surface area contributed by atoms with E-state index in [0.717, 1.165) is 0 Å². The number of hydrogen-bond donors (Lipinski definition) is 2. The van der Waals surface area contributed by atoms with Gasteiger partial charge in [-0.2, -0.15) is 0 Å². The molecule has 6 heteroatoms. The summed E-state index contributed by atoms with van der Waals surface area (Å²) in [6, 6.07) is 13.3. The number of halogens is 1. The second-order valence-electron chi connectivity index (χ2n) is 4.58. The van der Waals surface area contributed by atoms with Gasteiger partial charge in [-0.25, -0.2) is 8.42 Å². The van der Waals surface area contributed by atoms with Crippen molar-refractivity contribution >= 4 is 31.6 Å². The molecular weight excluding hydrogens is 354 g/mol. The number of sulfonamides is 1. The van der Waals surface area contributed by atoms with Crippen LogP contribution in [0.3, 0.4) is 0 Å². The molecule has 0 bridgehead atoms. The molecule has 0 spiro atoms. The van der Waals surface area contributed by atoms with Gasteiger partial charge in [0.25, 0.3) is 10.0 Å². The van der Waals surface area contributed by atoms with E-state index >= 15 is 0 Å². The van der Waals surface area contributed by atoms with Crippen molar-refractivity contribution in [1.82, 2.24) is 0 Å². The maximum atomic E-state index is 12.4. The Labute approximate surface area is 133 Å². The minimum Gasteiger partial charge on any atom is -0.388 e. The molecule has 1 unspecified atom stereocenters. The SMILES string of the molecule is CCC(O)c1cccc(S(=O)(=O)Nc2ccccc2Br)c1. The molecule has 0 amide bonds. The van der Waals surface area contributed by atoms with E-state index in [4.69, 9.17) is 0 Å². The molecule has 112 valence electrons. The number of benzene rings is 2. The fraction of sp³-hybridized carbons (Fsp3) is 0.200. The zero-order valence-electron chi connectivity index (χ0n) is 11.5. The first-order valence-corrected chi connectivity index (χ1v) is 8.77. The smallest absolute Gasteiger partial charge is 0.261 e. The molecule has 2 rings (SSSR count).